The molecule has 1 aliphatic rings. The van der Waals surface area contributed by atoms with Crippen molar-refractivity contribution in [3.8, 4) is 17.2 Å². The molecular formula is C16H20N2O2. The van der Waals surface area contributed by atoms with Crippen molar-refractivity contribution in [1.82, 2.24) is 10.2 Å². The second-order valence-electron chi connectivity index (χ2n) is 5.60. The summed E-state index contributed by atoms with van der Waals surface area (Å²) in [7, 11) is 1.73. The Morgan fingerprint density at radius 3 is 2.70 bits per heavy atom. The van der Waals surface area contributed by atoms with Gasteiger partial charge in [-0.25, -0.2) is 0 Å². The number of nitrogens with zero attached hydrogens (tertiary/aromatic N) is 2. The van der Waals surface area contributed by atoms with E-state index in [1.807, 2.05) is 12.1 Å². The van der Waals surface area contributed by atoms with Gasteiger partial charge in [-0.15, -0.1) is 10.2 Å². The van der Waals surface area contributed by atoms with E-state index in [1.54, 1.807) is 14.0 Å². The minimum Gasteiger partial charge on any atom is -0.496 e. The van der Waals surface area contributed by atoms with Gasteiger partial charge in [-0.2, -0.15) is 0 Å². The van der Waals surface area contributed by atoms with Crippen LogP contribution in [-0.2, 0) is 0 Å². The summed E-state index contributed by atoms with van der Waals surface area (Å²) >= 11 is 0. The van der Waals surface area contributed by atoms with Crippen LogP contribution in [0.5, 0.6) is 5.75 Å². The quantitative estimate of drug-likeness (QED) is 0.848. The van der Waals surface area contributed by atoms with Gasteiger partial charge in [-0.1, -0.05) is 19.8 Å². The highest BCUT2D eigenvalue weighted by molar-refractivity contribution is 5.58. The van der Waals surface area contributed by atoms with E-state index >= 15 is 0 Å². The highest BCUT2D eigenvalue weighted by Crippen LogP contribution is 2.43. The molecule has 1 fully saturated rings. The zero-order valence-corrected chi connectivity index (χ0v) is 12.2. The smallest absolute Gasteiger partial charge is 0.247 e. The van der Waals surface area contributed by atoms with Crippen molar-refractivity contribution >= 4 is 0 Å². The lowest BCUT2D eigenvalue weighted by Crippen LogP contribution is -2.04. The molecule has 0 bridgehead atoms. The van der Waals surface area contributed by atoms with Gasteiger partial charge in [0.2, 0.25) is 11.8 Å². The largest absolute Gasteiger partial charge is 0.496 e. The second kappa shape index (κ2) is 5.27. The average Bonchev–Trinajstić information content (AvgIpc) is 3.07. The molecule has 0 saturated heterocycles. The second-order valence-corrected chi connectivity index (χ2v) is 5.60. The average molecular weight is 272 g/mol. The van der Waals surface area contributed by atoms with E-state index in [9.17, 15) is 0 Å². The van der Waals surface area contributed by atoms with Gasteiger partial charge >= 0.3 is 0 Å². The third-order valence-corrected chi connectivity index (χ3v) is 4.26. The SMILES string of the molecule is COc1ccc(-c2nnc(C)o2)cc1[C@H]1CCC[C@@H]1C. The van der Waals surface area contributed by atoms with Crippen molar-refractivity contribution in [3.05, 3.63) is 29.7 Å². The van der Waals surface area contributed by atoms with Crippen LogP contribution in [0.25, 0.3) is 11.5 Å². The molecule has 20 heavy (non-hydrogen) atoms. The summed E-state index contributed by atoms with van der Waals surface area (Å²) in [6.07, 6.45) is 3.81. The van der Waals surface area contributed by atoms with Gasteiger partial charge in [0.25, 0.3) is 0 Å². The molecule has 0 unspecified atom stereocenters. The van der Waals surface area contributed by atoms with Crippen molar-refractivity contribution in [2.45, 2.75) is 39.0 Å². The molecule has 4 nitrogen and oxygen atoms in total. The summed E-state index contributed by atoms with van der Waals surface area (Å²) in [5.74, 6) is 3.39. The minimum atomic E-state index is 0.564. The van der Waals surface area contributed by atoms with Crippen molar-refractivity contribution in [2.24, 2.45) is 5.92 Å². The standard InChI is InChI=1S/C16H20N2O2/c1-10-5-4-6-13(10)14-9-12(7-8-15(14)19-3)16-18-17-11(2)20-16/h7-10,13H,4-6H2,1-3H3/t10-,13-/m0/s1. The number of hydrogen-bond donors (Lipinski definition) is 0. The van der Waals surface area contributed by atoms with E-state index in [4.69, 9.17) is 9.15 Å². The van der Waals surface area contributed by atoms with Crippen LogP contribution in [0.1, 0.15) is 43.6 Å². The van der Waals surface area contributed by atoms with Crippen LogP contribution in [0.2, 0.25) is 0 Å². The number of aryl methyl sites for hydroxylation is 1. The molecule has 0 radical (unpaired) electrons. The van der Waals surface area contributed by atoms with Gasteiger partial charge < -0.3 is 9.15 Å². The van der Waals surface area contributed by atoms with Crippen molar-refractivity contribution < 1.29 is 9.15 Å². The highest BCUT2D eigenvalue weighted by Gasteiger charge is 2.28. The Morgan fingerprint density at radius 1 is 1.25 bits per heavy atom. The zero-order valence-electron chi connectivity index (χ0n) is 12.2. The molecule has 1 aromatic carbocycles. The summed E-state index contributed by atoms with van der Waals surface area (Å²) in [4.78, 5) is 0. The molecule has 3 rings (SSSR count). The van der Waals surface area contributed by atoms with Gasteiger partial charge in [0.15, 0.2) is 0 Å². The topological polar surface area (TPSA) is 48.2 Å². The fourth-order valence-electron chi connectivity index (χ4n) is 3.18. The van der Waals surface area contributed by atoms with E-state index in [2.05, 4.69) is 23.2 Å². The lowest BCUT2D eigenvalue weighted by atomic mass is 9.88. The summed E-state index contributed by atoms with van der Waals surface area (Å²) in [5.41, 5.74) is 2.24. The first-order valence-corrected chi connectivity index (χ1v) is 7.17. The Kier molecular flexibility index (Phi) is 3.47. The minimum absolute atomic E-state index is 0.564. The number of rotatable bonds is 3. The van der Waals surface area contributed by atoms with Crippen LogP contribution in [0.15, 0.2) is 22.6 Å². The molecule has 1 saturated carbocycles. The number of ether oxygens (including phenoxy) is 1. The predicted octanol–water partition coefficient (Wildman–Crippen LogP) is 3.96. The van der Waals surface area contributed by atoms with Crippen LogP contribution in [0.4, 0.5) is 0 Å². The molecule has 2 aromatic rings. The molecule has 1 heterocycles. The van der Waals surface area contributed by atoms with Gasteiger partial charge in [0, 0.05) is 12.5 Å². The molecule has 0 N–H and O–H groups in total. The maximum atomic E-state index is 5.54. The summed E-state index contributed by atoms with van der Waals surface area (Å²) < 4.78 is 11.1. The van der Waals surface area contributed by atoms with Crippen LogP contribution in [0.3, 0.4) is 0 Å². The Labute approximate surface area is 119 Å². The van der Waals surface area contributed by atoms with E-state index in [0.29, 0.717) is 23.6 Å². The molecule has 4 heteroatoms. The first-order valence-electron chi connectivity index (χ1n) is 7.17. The van der Waals surface area contributed by atoms with E-state index in [1.165, 1.54) is 24.8 Å². The fourth-order valence-corrected chi connectivity index (χ4v) is 3.18. The Bertz CT molecular complexity index is 606. The highest BCUT2D eigenvalue weighted by atomic mass is 16.5. The number of methoxy groups -OCH3 is 1. The van der Waals surface area contributed by atoms with Crippen molar-refractivity contribution in [2.75, 3.05) is 7.11 Å². The Morgan fingerprint density at radius 2 is 2.10 bits per heavy atom. The summed E-state index contributed by atoms with van der Waals surface area (Å²) in [6, 6.07) is 6.14. The molecular weight excluding hydrogens is 252 g/mol. The van der Waals surface area contributed by atoms with E-state index in [-0.39, 0.29) is 0 Å². The first kappa shape index (κ1) is 13.2. The van der Waals surface area contributed by atoms with Gasteiger partial charge in [-0.05, 0) is 42.0 Å². The molecule has 0 amide bonds. The maximum Gasteiger partial charge on any atom is 0.247 e. The fraction of sp³-hybridized carbons (Fsp3) is 0.500. The number of aromatic nitrogens is 2. The third kappa shape index (κ3) is 2.30. The normalized spacial score (nSPS) is 22.1. The predicted molar refractivity (Wildman–Crippen MR) is 76.8 cm³/mol. The molecule has 0 spiro atoms. The van der Waals surface area contributed by atoms with Crippen molar-refractivity contribution in [1.29, 1.82) is 0 Å². The van der Waals surface area contributed by atoms with E-state index < -0.39 is 0 Å². The maximum absolute atomic E-state index is 5.54. The van der Waals surface area contributed by atoms with E-state index in [0.717, 1.165) is 11.3 Å². The van der Waals surface area contributed by atoms with Gasteiger partial charge in [0.1, 0.15) is 5.75 Å². The molecule has 1 aromatic heterocycles. The number of benzene rings is 1. The van der Waals surface area contributed by atoms with Gasteiger partial charge in [-0.3, -0.25) is 0 Å². The van der Waals surface area contributed by atoms with Gasteiger partial charge in [0.05, 0.1) is 7.11 Å². The Hall–Kier alpha value is -1.84. The lowest BCUT2D eigenvalue weighted by Gasteiger charge is -2.19. The lowest BCUT2D eigenvalue weighted by molar-refractivity contribution is 0.399. The first-order chi connectivity index (χ1) is 9.69. The molecule has 0 aliphatic heterocycles. The van der Waals surface area contributed by atoms with Crippen LogP contribution < -0.4 is 4.74 Å². The van der Waals surface area contributed by atoms with Crippen molar-refractivity contribution in [3.63, 3.8) is 0 Å². The van der Waals surface area contributed by atoms with Crippen LogP contribution >= 0.6 is 0 Å². The molecule has 1 aliphatic carbocycles. The number of hydrogen-bond acceptors (Lipinski definition) is 4. The van der Waals surface area contributed by atoms with Crippen LogP contribution in [-0.4, -0.2) is 17.3 Å². The monoisotopic (exact) mass is 272 g/mol. The Balaban J connectivity index is 2.02. The van der Waals surface area contributed by atoms with Crippen LogP contribution in [0, 0.1) is 12.8 Å². The summed E-state index contributed by atoms with van der Waals surface area (Å²) in [6.45, 7) is 4.13. The summed E-state index contributed by atoms with van der Waals surface area (Å²) in [5, 5.41) is 8.00. The molecule has 106 valence electrons. The zero-order chi connectivity index (χ0) is 14.1. The molecule has 2 atom stereocenters. The third-order valence-electron chi connectivity index (χ3n) is 4.26.